The molecule has 2 aromatic rings. The zero-order chi connectivity index (χ0) is 12.3. The van der Waals surface area contributed by atoms with Gasteiger partial charge in [-0.2, -0.15) is 0 Å². The van der Waals surface area contributed by atoms with Gasteiger partial charge >= 0.3 is 0 Å². The van der Waals surface area contributed by atoms with Gasteiger partial charge in [0.1, 0.15) is 11.5 Å². The average molecular weight is 250 g/mol. The summed E-state index contributed by atoms with van der Waals surface area (Å²) in [5, 5.41) is 14.0. The van der Waals surface area contributed by atoms with E-state index in [-0.39, 0.29) is 5.69 Å². The molecule has 0 spiro atoms. The fourth-order valence-corrected chi connectivity index (χ4v) is 1.50. The molecule has 6 heteroatoms. The van der Waals surface area contributed by atoms with Gasteiger partial charge in [-0.25, -0.2) is 4.98 Å². The van der Waals surface area contributed by atoms with Gasteiger partial charge in [-0.3, -0.25) is 10.1 Å². The summed E-state index contributed by atoms with van der Waals surface area (Å²) >= 11 is 5.72. The molecule has 0 saturated carbocycles. The average Bonchev–Trinajstić information content (AvgIpc) is 2.32. The van der Waals surface area contributed by atoms with Crippen LogP contribution in [0.5, 0.6) is 0 Å². The molecule has 0 radical (unpaired) electrons. The van der Waals surface area contributed by atoms with Gasteiger partial charge in [0, 0.05) is 17.3 Å². The summed E-state index contributed by atoms with van der Waals surface area (Å²) < 4.78 is 0. The van der Waals surface area contributed by atoms with Crippen LogP contribution in [0.1, 0.15) is 0 Å². The van der Waals surface area contributed by atoms with E-state index in [1.165, 1.54) is 6.07 Å². The van der Waals surface area contributed by atoms with Crippen molar-refractivity contribution in [2.45, 2.75) is 0 Å². The Bertz CT molecular complexity index is 546. The molecule has 0 amide bonds. The molecule has 0 aliphatic carbocycles. The SMILES string of the molecule is O=[N+]([O-])c1cc(Cl)ccc1Nc1ccccn1. The van der Waals surface area contributed by atoms with Gasteiger partial charge in [0.2, 0.25) is 0 Å². The number of nitrogens with zero attached hydrogens (tertiary/aromatic N) is 2. The molecule has 0 unspecified atom stereocenters. The van der Waals surface area contributed by atoms with Crippen LogP contribution in [0.15, 0.2) is 42.6 Å². The van der Waals surface area contributed by atoms with Gasteiger partial charge in [-0.15, -0.1) is 0 Å². The van der Waals surface area contributed by atoms with Crippen molar-refractivity contribution < 1.29 is 4.92 Å². The Kier molecular flexibility index (Phi) is 3.20. The highest BCUT2D eigenvalue weighted by Crippen LogP contribution is 2.29. The largest absolute Gasteiger partial charge is 0.335 e. The predicted octanol–water partition coefficient (Wildman–Crippen LogP) is 3.39. The van der Waals surface area contributed by atoms with Crippen LogP contribution < -0.4 is 5.32 Å². The van der Waals surface area contributed by atoms with E-state index in [1.807, 2.05) is 0 Å². The maximum absolute atomic E-state index is 10.9. The molecular weight excluding hydrogens is 242 g/mol. The summed E-state index contributed by atoms with van der Waals surface area (Å²) in [6, 6.07) is 9.71. The van der Waals surface area contributed by atoms with Crippen molar-refractivity contribution in [3.8, 4) is 0 Å². The zero-order valence-corrected chi connectivity index (χ0v) is 9.39. The first-order valence-corrected chi connectivity index (χ1v) is 5.16. The van der Waals surface area contributed by atoms with Crippen molar-refractivity contribution in [1.29, 1.82) is 0 Å². The number of pyridine rings is 1. The van der Waals surface area contributed by atoms with E-state index in [1.54, 1.807) is 36.5 Å². The molecule has 1 aromatic carbocycles. The number of benzene rings is 1. The summed E-state index contributed by atoms with van der Waals surface area (Å²) in [5.41, 5.74) is 0.279. The van der Waals surface area contributed by atoms with Crippen molar-refractivity contribution >= 4 is 28.8 Å². The predicted molar refractivity (Wildman–Crippen MR) is 65.6 cm³/mol. The fraction of sp³-hybridized carbons (Fsp3) is 0. The number of nitro groups is 1. The second-order valence-corrected chi connectivity index (χ2v) is 3.69. The molecule has 1 aromatic heterocycles. The van der Waals surface area contributed by atoms with E-state index < -0.39 is 4.92 Å². The third-order valence-corrected chi connectivity index (χ3v) is 2.32. The van der Waals surface area contributed by atoms with Gasteiger partial charge in [0.25, 0.3) is 5.69 Å². The van der Waals surface area contributed by atoms with Crippen LogP contribution in [0, 0.1) is 10.1 Å². The smallest absolute Gasteiger partial charge is 0.294 e. The quantitative estimate of drug-likeness (QED) is 0.669. The van der Waals surface area contributed by atoms with E-state index in [4.69, 9.17) is 11.6 Å². The van der Waals surface area contributed by atoms with Crippen LogP contribution in [0.4, 0.5) is 17.2 Å². The Balaban J connectivity index is 2.36. The Morgan fingerprint density at radius 3 is 2.76 bits per heavy atom. The molecule has 86 valence electrons. The second kappa shape index (κ2) is 4.80. The zero-order valence-electron chi connectivity index (χ0n) is 8.63. The number of nitro benzene ring substituents is 1. The number of aromatic nitrogens is 1. The summed E-state index contributed by atoms with van der Waals surface area (Å²) in [7, 11) is 0. The van der Waals surface area contributed by atoms with E-state index in [0.717, 1.165) is 0 Å². The number of hydrogen-bond donors (Lipinski definition) is 1. The lowest BCUT2D eigenvalue weighted by Crippen LogP contribution is -1.98. The Hall–Kier alpha value is -2.14. The molecule has 0 bridgehead atoms. The molecular formula is C11H8ClN3O2. The molecule has 1 heterocycles. The van der Waals surface area contributed by atoms with Crippen molar-refractivity contribution in [2.24, 2.45) is 0 Å². The third-order valence-electron chi connectivity index (χ3n) is 2.08. The number of rotatable bonds is 3. The fourth-order valence-electron chi connectivity index (χ4n) is 1.34. The number of halogens is 1. The third kappa shape index (κ3) is 2.70. The van der Waals surface area contributed by atoms with Crippen LogP contribution >= 0.6 is 11.6 Å². The minimum absolute atomic E-state index is 0.0804. The molecule has 0 atom stereocenters. The van der Waals surface area contributed by atoms with E-state index in [2.05, 4.69) is 10.3 Å². The van der Waals surface area contributed by atoms with Crippen molar-refractivity contribution in [1.82, 2.24) is 4.98 Å². The van der Waals surface area contributed by atoms with E-state index in [0.29, 0.717) is 16.5 Å². The molecule has 1 N–H and O–H groups in total. The summed E-state index contributed by atoms with van der Waals surface area (Å²) in [5.74, 6) is 0.540. The van der Waals surface area contributed by atoms with Crippen molar-refractivity contribution in [3.05, 3.63) is 57.7 Å². The van der Waals surface area contributed by atoms with E-state index >= 15 is 0 Å². The monoisotopic (exact) mass is 249 g/mol. The molecule has 0 fully saturated rings. The second-order valence-electron chi connectivity index (χ2n) is 3.26. The van der Waals surface area contributed by atoms with Crippen LogP contribution in [-0.2, 0) is 0 Å². The van der Waals surface area contributed by atoms with Crippen LogP contribution in [0.25, 0.3) is 0 Å². The van der Waals surface area contributed by atoms with Crippen molar-refractivity contribution in [2.75, 3.05) is 5.32 Å². The first-order valence-electron chi connectivity index (χ1n) is 4.79. The maximum atomic E-state index is 10.9. The highest BCUT2D eigenvalue weighted by Gasteiger charge is 2.14. The normalized spacial score (nSPS) is 9.94. The van der Waals surface area contributed by atoms with Gasteiger partial charge in [0.05, 0.1) is 4.92 Å². The molecule has 2 rings (SSSR count). The Morgan fingerprint density at radius 2 is 2.12 bits per heavy atom. The Morgan fingerprint density at radius 1 is 1.29 bits per heavy atom. The lowest BCUT2D eigenvalue weighted by Gasteiger charge is -2.05. The van der Waals surface area contributed by atoms with Gasteiger partial charge in [0.15, 0.2) is 0 Å². The summed E-state index contributed by atoms with van der Waals surface area (Å²) in [4.78, 5) is 14.4. The van der Waals surface area contributed by atoms with E-state index in [9.17, 15) is 10.1 Å². The Labute approximate surface area is 102 Å². The minimum atomic E-state index is -0.489. The number of hydrogen-bond acceptors (Lipinski definition) is 4. The molecule has 17 heavy (non-hydrogen) atoms. The molecule has 0 aliphatic rings. The first-order chi connectivity index (χ1) is 8.16. The standard InChI is InChI=1S/C11H8ClN3O2/c12-8-4-5-9(10(7-8)15(16)17)14-11-3-1-2-6-13-11/h1-7H,(H,13,14). The topological polar surface area (TPSA) is 68.1 Å². The summed E-state index contributed by atoms with van der Waals surface area (Å²) in [6.07, 6.45) is 1.60. The van der Waals surface area contributed by atoms with Gasteiger partial charge in [-0.05, 0) is 24.3 Å². The van der Waals surface area contributed by atoms with Crippen molar-refractivity contribution in [3.63, 3.8) is 0 Å². The minimum Gasteiger partial charge on any atom is -0.335 e. The number of nitrogens with one attached hydrogen (secondary N) is 1. The van der Waals surface area contributed by atoms with Gasteiger partial charge < -0.3 is 5.32 Å². The summed E-state index contributed by atoms with van der Waals surface area (Å²) in [6.45, 7) is 0. The lowest BCUT2D eigenvalue weighted by molar-refractivity contribution is -0.383. The molecule has 0 saturated heterocycles. The maximum Gasteiger partial charge on any atom is 0.294 e. The lowest BCUT2D eigenvalue weighted by atomic mass is 10.2. The van der Waals surface area contributed by atoms with Gasteiger partial charge in [-0.1, -0.05) is 17.7 Å². The molecule has 5 nitrogen and oxygen atoms in total. The number of anilines is 2. The highest BCUT2D eigenvalue weighted by atomic mass is 35.5. The highest BCUT2D eigenvalue weighted by molar-refractivity contribution is 6.30. The van der Waals surface area contributed by atoms with Crippen LogP contribution in [0.2, 0.25) is 5.02 Å². The molecule has 0 aliphatic heterocycles. The van der Waals surface area contributed by atoms with Crippen LogP contribution in [0.3, 0.4) is 0 Å². The first kappa shape index (κ1) is 11.3. The van der Waals surface area contributed by atoms with Crippen LogP contribution in [-0.4, -0.2) is 9.91 Å².